The number of imide groups is 1. The van der Waals surface area contributed by atoms with Crippen LogP contribution in [0.2, 0.25) is 0 Å². The Labute approximate surface area is 175 Å². The van der Waals surface area contributed by atoms with Crippen LogP contribution in [-0.4, -0.2) is 26.6 Å². The normalized spacial score (nSPS) is 16.7. The number of benzene rings is 2. The van der Waals surface area contributed by atoms with Crippen LogP contribution in [0, 0.1) is 13.8 Å². The van der Waals surface area contributed by atoms with Gasteiger partial charge in [0.15, 0.2) is 0 Å². The second-order valence-corrected chi connectivity index (χ2v) is 8.42. The highest BCUT2D eigenvalue weighted by Gasteiger charge is 2.43. The summed E-state index contributed by atoms with van der Waals surface area (Å²) >= 11 is 1.39. The molecule has 1 fully saturated rings. The first-order chi connectivity index (χ1) is 14.4. The number of hydrogen-bond donors (Lipinski definition) is 1. The second kappa shape index (κ2) is 6.77. The predicted octanol–water partition coefficient (Wildman–Crippen LogP) is 3.44. The van der Waals surface area contributed by atoms with Gasteiger partial charge in [-0.25, -0.2) is 4.98 Å². The van der Waals surface area contributed by atoms with Crippen LogP contribution in [0.5, 0.6) is 0 Å². The van der Waals surface area contributed by atoms with E-state index in [0.29, 0.717) is 22.1 Å². The number of hydrogen-bond acceptors (Lipinski definition) is 5. The summed E-state index contributed by atoms with van der Waals surface area (Å²) in [5.41, 5.74) is 2.91. The Kier molecular flexibility index (Phi) is 4.18. The van der Waals surface area contributed by atoms with Crippen molar-refractivity contribution >= 4 is 39.1 Å². The molecular formula is C22H18N4O3S. The molecule has 0 radical (unpaired) electrons. The summed E-state index contributed by atoms with van der Waals surface area (Å²) in [4.78, 5) is 44.7. The van der Waals surface area contributed by atoms with Crippen molar-refractivity contribution < 1.29 is 9.59 Å². The van der Waals surface area contributed by atoms with Gasteiger partial charge < -0.3 is 0 Å². The molecule has 4 aromatic rings. The first-order valence-corrected chi connectivity index (χ1v) is 10.4. The molecule has 1 atom stereocenters. The Morgan fingerprint density at radius 3 is 2.50 bits per heavy atom. The van der Waals surface area contributed by atoms with Crippen LogP contribution in [0.4, 0.5) is 5.69 Å². The zero-order chi connectivity index (χ0) is 21.0. The number of H-pyrrole nitrogens is 1. The molecule has 7 nitrogen and oxygen atoms in total. The van der Waals surface area contributed by atoms with Gasteiger partial charge in [0.25, 0.3) is 5.56 Å². The average Bonchev–Trinajstić information content (AvgIpc) is 3.36. The minimum absolute atomic E-state index is 0.0273. The Hall–Kier alpha value is -3.52. The van der Waals surface area contributed by atoms with E-state index in [2.05, 4.69) is 10.1 Å². The standard InChI is InChI=1S/C22H18N4O3S/c1-12-7-9-14(10-8-12)25-18(27)11-15(20(25)28)19-13(2)24-26(21(19)29)22-23-16-5-3-4-6-17(16)30-22/h3-10,15,24H,11H2,1-2H3/t15-/m0/s1. The SMILES string of the molecule is Cc1ccc(N2C(=O)C[C@@H](c3c(C)[nH]n(-c4nc5ccccc5s4)c3=O)C2=O)cc1. The maximum Gasteiger partial charge on any atom is 0.277 e. The molecule has 0 spiro atoms. The van der Waals surface area contributed by atoms with Crippen LogP contribution in [0.25, 0.3) is 15.3 Å². The highest BCUT2D eigenvalue weighted by atomic mass is 32.1. The number of para-hydroxylation sites is 1. The van der Waals surface area contributed by atoms with Crippen molar-refractivity contribution in [1.82, 2.24) is 14.8 Å². The number of thiazole rings is 1. The van der Waals surface area contributed by atoms with E-state index in [1.807, 2.05) is 43.3 Å². The molecule has 1 N–H and O–H groups in total. The van der Waals surface area contributed by atoms with E-state index in [4.69, 9.17) is 0 Å². The van der Waals surface area contributed by atoms with E-state index in [0.717, 1.165) is 15.8 Å². The van der Waals surface area contributed by atoms with E-state index in [9.17, 15) is 14.4 Å². The molecular weight excluding hydrogens is 400 g/mol. The van der Waals surface area contributed by atoms with Gasteiger partial charge in [-0.15, -0.1) is 0 Å². The third kappa shape index (κ3) is 2.80. The maximum absolute atomic E-state index is 13.2. The van der Waals surface area contributed by atoms with Crippen LogP contribution in [0.1, 0.15) is 29.2 Å². The fraction of sp³-hybridized carbons (Fsp3) is 0.182. The molecule has 0 saturated carbocycles. The number of nitrogens with zero attached hydrogens (tertiary/aromatic N) is 3. The van der Waals surface area contributed by atoms with Crippen molar-refractivity contribution in [2.75, 3.05) is 4.90 Å². The Morgan fingerprint density at radius 2 is 1.77 bits per heavy atom. The summed E-state index contributed by atoms with van der Waals surface area (Å²) in [5.74, 6) is -1.49. The van der Waals surface area contributed by atoms with Gasteiger partial charge in [0.2, 0.25) is 16.9 Å². The lowest BCUT2D eigenvalue weighted by molar-refractivity contribution is -0.121. The molecule has 1 saturated heterocycles. The minimum Gasteiger partial charge on any atom is -0.293 e. The van der Waals surface area contributed by atoms with Gasteiger partial charge in [-0.3, -0.25) is 24.4 Å². The van der Waals surface area contributed by atoms with E-state index in [1.54, 1.807) is 19.1 Å². The molecule has 30 heavy (non-hydrogen) atoms. The fourth-order valence-electron chi connectivity index (χ4n) is 3.88. The van der Waals surface area contributed by atoms with Gasteiger partial charge in [0.05, 0.1) is 27.4 Å². The third-order valence-corrected chi connectivity index (χ3v) is 6.40. The first kappa shape index (κ1) is 18.5. The first-order valence-electron chi connectivity index (χ1n) is 9.55. The number of carbonyl (C=O) groups is 2. The number of anilines is 1. The predicted molar refractivity (Wildman–Crippen MR) is 115 cm³/mol. The van der Waals surface area contributed by atoms with Gasteiger partial charge >= 0.3 is 0 Å². The van der Waals surface area contributed by atoms with Crippen LogP contribution in [-0.2, 0) is 9.59 Å². The van der Waals surface area contributed by atoms with Crippen LogP contribution < -0.4 is 10.5 Å². The van der Waals surface area contributed by atoms with Crippen molar-refractivity contribution in [3.8, 4) is 5.13 Å². The van der Waals surface area contributed by atoms with Crippen LogP contribution in [0.15, 0.2) is 53.3 Å². The summed E-state index contributed by atoms with van der Waals surface area (Å²) in [6, 6.07) is 14.8. The van der Waals surface area contributed by atoms with Crippen molar-refractivity contribution in [3.05, 3.63) is 75.7 Å². The number of rotatable bonds is 3. The van der Waals surface area contributed by atoms with Gasteiger partial charge in [-0.1, -0.05) is 41.2 Å². The fourth-order valence-corrected chi connectivity index (χ4v) is 4.81. The number of fused-ring (bicyclic) bond motifs is 1. The quantitative estimate of drug-likeness (QED) is 0.516. The monoisotopic (exact) mass is 418 g/mol. The lowest BCUT2D eigenvalue weighted by Gasteiger charge is -2.15. The second-order valence-electron chi connectivity index (χ2n) is 7.41. The molecule has 2 aromatic heterocycles. The van der Waals surface area contributed by atoms with Crippen molar-refractivity contribution in [1.29, 1.82) is 0 Å². The van der Waals surface area contributed by atoms with Gasteiger partial charge in [-0.2, -0.15) is 4.68 Å². The molecule has 2 amide bonds. The van der Waals surface area contributed by atoms with Gasteiger partial charge in [-0.05, 0) is 38.1 Å². The van der Waals surface area contributed by atoms with Gasteiger partial charge in [0.1, 0.15) is 0 Å². The van der Waals surface area contributed by atoms with E-state index >= 15 is 0 Å². The molecule has 0 bridgehead atoms. The Morgan fingerprint density at radius 1 is 1.03 bits per heavy atom. The Balaban J connectivity index is 1.55. The molecule has 0 unspecified atom stereocenters. The summed E-state index contributed by atoms with van der Waals surface area (Å²) < 4.78 is 2.33. The summed E-state index contributed by atoms with van der Waals surface area (Å²) in [7, 11) is 0. The topological polar surface area (TPSA) is 88.1 Å². The number of amides is 2. The van der Waals surface area contributed by atoms with Crippen molar-refractivity contribution in [2.45, 2.75) is 26.2 Å². The molecule has 5 rings (SSSR count). The number of nitrogens with one attached hydrogen (secondary N) is 1. The highest BCUT2D eigenvalue weighted by molar-refractivity contribution is 7.20. The molecule has 150 valence electrons. The molecule has 1 aliphatic heterocycles. The van der Waals surface area contributed by atoms with Crippen molar-refractivity contribution in [3.63, 3.8) is 0 Å². The summed E-state index contributed by atoms with van der Waals surface area (Å²) in [6.07, 6.45) is -0.0273. The molecule has 0 aliphatic carbocycles. The lowest BCUT2D eigenvalue weighted by atomic mass is 9.98. The minimum atomic E-state index is -0.807. The van der Waals surface area contributed by atoms with Crippen LogP contribution >= 0.6 is 11.3 Å². The van der Waals surface area contributed by atoms with E-state index < -0.39 is 5.92 Å². The van der Waals surface area contributed by atoms with Crippen molar-refractivity contribution in [2.24, 2.45) is 0 Å². The van der Waals surface area contributed by atoms with Crippen LogP contribution in [0.3, 0.4) is 0 Å². The smallest absolute Gasteiger partial charge is 0.277 e. The van der Waals surface area contributed by atoms with E-state index in [-0.39, 0.29) is 23.8 Å². The number of aromatic amines is 1. The molecule has 1 aliphatic rings. The summed E-state index contributed by atoms with van der Waals surface area (Å²) in [6.45, 7) is 3.68. The lowest BCUT2D eigenvalue weighted by Crippen LogP contribution is -2.31. The van der Waals surface area contributed by atoms with E-state index in [1.165, 1.54) is 20.9 Å². The molecule has 3 heterocycles. The third-order valence-electron chi connectivity index (χ3n) is 5.38. The zero-order valence-corrected chi connectivity index (χ0v) is 17.2. The average molecular weight is 418 g/mol. The molecule has 8 heteroatoms. The molecule has 2 aromatic carbocycles. The highest BCUT2D eigenvalue weighted by Crippen LogP contribution is 2.33. The Bertz CT molecular complexity index is 1330. The zero-order valence-electron chi connectivity index (χ0n) is 16.4. The largest absolute Gasteiger partial charge is 0.293 e. The number of carbonyl (C=O) groups excluding carboxylic acids is 2. The van der Waals surface area contributed by atoms with Gasteiger partial charge in [0, 0.05) is 12.1 Å². The number of aromatic nitrogens is 3. The summed E-state index contributed by atoms with van der Waals surface area (Å²) in [5, 5.41) is 3.54. The maximum atomic E-state index is 13.2. The number of aryl methyl sites for hydroxylation is 2.